The molecule has 182 valence electrons. The van der Waals surface area contributed by atoms with Crippen LogP contribution in [-0.4, -0.2) is 40.3 Å². The maximum Gasteiger partial charge on any atom is 0.241 e. The lowest BCUT2D eigenvalue weighted by Crippen LogP contribution is -2.41. The van der Waals surface area contributed by atoms with Crippen molar-refractivity contribution in [3.8, 4) is 11.5 Å². The van der Waals surface area contributed by atoms with E-state index in [4.69, 9.17) is 9.47 Å². The Morgan fingerprint density at radius 1 is 1.03 bits per heavy atom. The lowest BCUT2D eigenvalue weighted by atomic mass is 9.93. The number of benzene rings is 2. The number of nitrogens with zero attached hydrogens (tertiary/aromatic N) is 1. The lowest BCUT2D eigenvalue weighted by molar-refractivity contribution is -0.120. The highest BCUT2D eigenvalue weighted by Crippen LogP contribution is 2.32. The summed E-state index contributed by atoms with van der Waals surface area (Å²) in [6.45, 7) is 11.5. The highest BCUT2D eigenvalue weighted by molar-refractivity contribution is 7.92. The molecule has 0 fully saturated rings. The summed E-state index contributed by atoms with van der Waals surface area (Å²) in [6, 6.07) is 10.4. The van der Waals surface area contributed by atoms with Crippen LogP contribution in [0.15, 0.2) is 36.4 Å². The lowest BCUT2D eigenvalue weighted by Gasteiger charge is -2.25. The molecular formula is C25H36N2O5S. The number of hydrogen-bond donors (Lipinski definition) is 1. The van der Waals surface area contributed by atoms with E-state index >= 15 is 0 Å². The zero-order chi connectivity index (χ0) is 24.9. The maximum absolute atomic E-state index is 12.9. The van der Waals surface area contributed by atoms with Gasteiger partial charge in [-0.2, -0.15) is 0 Å². The number of aryl methyl sites for hydroxylation is 1. The van der Waals surface area contributed by atoms with Crippen molar-refractivity contribution in [2.75, 3.05) is 24.2 Å². The van der Waals surface area contributed by atoms with Gasteiger partial charge in [0.15, 0.2) is 0 Å². The second-order valence-corrected chi connectivity index (χ2v) is 10.7. The van der Waals surface area contributed by atoms with Crippen molar-refractivity contribution >= 4 is 21.6 Å². The Labute approximate surface area is 198 Å². The molecule has 2 aromatic rings. The van der Waals surface area contributed by atoms with E-state index in [9.17, 15) is 13.2 Å². The van der Waals surface area contributed by atoms with Crippen LogP contribution >= 0.6 is 0 Å². The van der Waals surface area contributed by atoms with Crippen LogP contribution in [-0.2, 0) is 14.8 Å². The first kappa shape index (κ1) is 26.5. The van der Waals surface area contributed by atoms with Gasteiger partial charge in [-0.25, -0.2) is 8.42 Å². The predicted molar refractivity (Wildman–Crippen MR) is 133 cm³/mol. The second kappa shape index (κ2) is 10.9. The molecule has 0 heterocycles. The fourth-order valence-corrected chi connectivity index (χ4v) is 4.53. The Hall–Kier alpha value is -2.74. The number of carbonyl (C=O) groups excluding carboxylic acids is 1. The van der Waals surface area contributed by atoms with Crippen LogP contribution in [0.2, 0.25) is 0 Å². The topological polar surface area (TPSA) is 84.9 Å². The summed E-state index contributed by atoms with van der Waals surface area (Å²) in [4.78, 5) is 12.9. The molecule has 0 bridgehead atoms. The van der Waals surface area contributed by atoms with Gasteiger partial charge >= 0.3 is 0 Å². The van der Waals surface area contributed by atoms with Crippen molar-refractivity contribution < 1.29 is 22.7 Å². The Morgan fingerprint density at radius 2 is 1.64 bits per heavy atom. The van der Waals surface area contributed by atoms with E-state index in [2.05, 4.69) is 19.2 Å². The number of rotatable bonds is 10. The zero-order valence-corrected chi connectivity index (χ0v) is 21.6. The van der Waals surface area contributed by atoms with Gasteiger partial charge in [0.05, 0.1) is 31.2 Å². The van der Waals surface area contributed by atoms with E-state index in [-0.39, 0.29) is 24.6 Å². The van der Waals surface area contributed by atoms with E-state index in [1.165, 1.54) is 0 Å². The number of carbonyl (C=O) groups is 1. The molecule has 1 amide bonds. The number of ether oxygens (including phenoxy) is 2. The fourth-order valence-electron chi connectivity index (χ4n) is 3.67. The number of amides is 1. The van der Waals surface area contributed by atoms with Crippen LogP contribution in [0.3, 0.4) is 0 Å². The van der Waals surface area contributed by atoms with E-state index in [1.54, 1.807) is 31.4 Å². The highest BCUT2D eigenvalue weighted by Gasteiger charge is 2.23. The molecule has 8 heteroatoms. The normalized spacial score (nSPS) is 12.5. The molecular weight excluding hydrogens is 440 g/mol. The summed E-state index contributed by atoms with van der Waals surface area (Å²) in [6.07, 6.45) is 1.09. The number of sulfonamides is 1. The van der Waals surface area contributed by atoms with Crippen LogP contribution in [0.25, 0.3) is 0 Å². The fraction of sp³-hybridized carbons (Fsp3) is 0.480. The van der Waals surface area contributed by atoms with Gasteiger partial charge in [0.25, 0.3) is 0 Å². The van der Waals surface area contributed by atoms with Gasteiger partial charge in [0.1, 0.15) is 18.0 Å². The van der Waals surface area contributed by atoms with Gasteiger partial charge in [-0.05, 0) is 86.7 Å². The molecule has 0 aliphatic rings. The second-order valence-electron chi connectivity index (χ2n) is 8.82. The minimum Gasteiger partial charge on any atom is -0.496 e. The molecule has 0 aliphatic carbocycles. The molecule has 2 rings (SSSR count). The molecule has 0 aliphatic heterocycles. The molecule has 0 saturated heterocycles. The Bertz CT molecular complexity index is 1060. The third-order valence-corrected chi connectivity index (χ3v) is 6.41. The van der Waals surface area contributed by atoms with Gasteiger partial charge in [-0.15, -0.1) is 0 Å². The maximum atomic E-state index is 12.9. The number of anilines is 1. The molecule has 0 aromatic heterocycles. The Balaban J connectivity index is 2.22. The van der Waals surface area contributed by atoms with Crippen LogP contribution in [0.1, 0.15) is 63.3 Å². The van der Waals surface area contributed by atoms with Crippen LogP contribution in [0.5, 0.6) is 11.5 Å². The van der Waals surface area contributed by atoms with Gasteiger partial charge in [-0.3, -0.25) is 9.10 Å². The molecule has 1 atom stereocenters. The largest absolute Gasteiger partial charge is 0.496 e. The van der Waals surface area contributed by atoms with Crippen molar-refractivity contribution in [2.24, 2.45) is 0 Å². The first-order chi connectivity index (χ1) is 15.3. The van der Waals surface area contributed by atoms with Gasteiger partial charge in [0, 0.05) is 0 Å². The van der Waals surface area contributed by atoms with Crippen molar-refractivity contribution in [3.05, 3.63) is 53.1 Å². The van der Waals surface area contributed by atoms with Crippen molar-refractivity contribution in [1.29, 1.82) is 0 Å². The first-order valence-electron chi connectivity index (χ1n) is 11.1. The molecule has 0 unspecified atom stereocenters. The number of nitrogens with one attached hydrogen (secondary N) is 1. The van der Waals surface area contributed by atoms with Gasteiger partial charge < -0.3 is 14.8 Å². The molecule has 0 spiro atoms. The van der Waals surface area contributed by atoms with Crippen molar-refractivity contribution in [2.45, 2.75) is 59.6 Å². The van der Waals surface area contributed by atoms with Crippen LogP contribution < -0.4 is 19.1 Å². The zero-order valence-electron chi connectivity index (χ0n) is 20.8. The Kier molecular flexibility index (Phi) is 8.77. The molecule has 1 N–H and O–H groups in total. The summed E-state index contributed by atoms with van der Waals surface area (Å²) in [5.74, 6) is 1.32. The minimum absolute atomic E-state index is 0.00625. The molecule has 0 saturated carbocycles. The number of methoxy groups -OCH3 is 1. The van der Waals surface area contributed by atoms with Gasteiger partial charge in [0.2, 0.25) is 15.9 Å². The van der Waals surface area contributed by atoms with E-state index in [0.717, 1.165) is 33.0 Å². The molecule has 7 nitrogen and oxygen atoms in total. The minimum atomic E-state index is -3.67. The average molecular weight is 477 g/mol. The summed E-state index contributed by atoms with van der Waals surface area (Å²) in [7, 11) is -2.02. The summed E-state index contributed by atoms with van der Waals surface area (Å²) < 4.78 is 37.1. The molecule has 2 aromatic carbocycles. The highest BCUT2D eigenvalue weighted by atomic mass is 32.2. The summed E-state index contributed by atoms with van der Waals surface area (Å²) >= 11 is 0. The SMILES string of the molecule is COc1cc(C)c([C@H](C)NC(=O)CN(c2ccc(OC(C)C)cc2)S(C)(=O)=O)cc1C(C)C. The standard InChI is InChI=1S/C25H36N2O5S/c1-16(2)22-14-23(18(5)13-24(22)31-7)19(6)26-25(28)15-27(33(8,29)30)20-9-11-21(12-10-20)32-17(3)4/h9-14,16-17,19H,15H2,1-8H3,(H,26,28)/t19-/m0/s1. The third-order valence-electron chi connectivity index (χ3n) is 5.27. The van der Waals surface area contributed by atoms with E-state index in [1.807, 2.05) is 39.8 Å². The van der Waals surface area contributed by atoms with Crippen LogP contribution in [0, 0.1) is 6.92 Å². The first-order valence-corrected chi connectivity index (χ1v) is 12.9. The number of hydrogen-bond acceptors (Lipinski definition) is 5. The van der Waals surface area contributed by atoms with Crippen molar-refractivity contribution in [1.82, 2.24) is 5.32 Å². The quantitative estimate of drug-likeness (QED) is 0.543. The van der Waals surface area contributed by atoms with Crippen LogP contribution in [0.4, 0.5) is 5.69 Å². The van der Waals surface area contributed by atoms with E-state index < -0.39 is 15.9 Å². The van der Waals surface area contributed by atoms with Crippen molar-refractivity contribution in [3.63, 3.8) is 0 Å². The van der Waals surface area contributed by atoms with Gasteiger partial charge in [-0.1, -0.05) is 13.8 Å². The predicted octanol–water partition coefficient (Wildman–Crippen LogP) is 4.56. The monoisotopic (exact) mass is 476 g/mol. The summed E-state index contributed by atoms with van der Waals surface area (Å²) in [5.41, 5.74) is 3.42. The average Bonchev–Trinajstić information content (AvgIpc) is 2.70. The Morgan fingerprint density at radius 3 is 2.12 bits per heavy atom. The molecule has 0 radical (unpaired) electrons. The van der Waals surface area contributed by atoms with E-state index in [0.29, 0.717) is 11.4 Å². The smallest absolute Gasteiger partial charge is 0.241 e. The third kappa shape index (κ3) is 7.12. The summed E-state index contributed by atoms with van der Waals surface area (Å²) in [5, 5.41) is 2.94. The molecule has 33 heavy (non-hydrogen) atoms.